The second-order valence-electron chi connectivity index (χ2n) is 7.91. The highest BCUT2D eigenvalue weighted by Gasteiger charge is 2.23. The molecule has 0 rings (SSSR count). The average molecular weight is 360 g/mol. The van der Waals surface area contributed by atoms with Gasteiger partial charge in [0.15, 0.2) is 0 Å². The predicted octanol–water partition coefficient (Wildman–Crippen LogP) is 3.37. The number of hydrogen-bond acceptors (Lipinski definition) is 6. The maximum absolute atomic E-state index is 11.3. The lowest BCUT2D eigenvalue weighted by atomic mass is 9.86. The van der Waals surface area contributed by atoms with Crippen molar-refractivity contribution in [3.63, 3.8) is 0 Å². The molecule has 148 valence electrons. The Kier molecular flexibility index (Phi) is 11.7. The Labute approximate surface area is 152 Å². The van der Waals surface area contributed by atoms with E-state index >= 15 is 0 Å². The van der Waals surface area contributed by atoms with Crippen LogP contribution >= 0.6 is 0 Å². The number of hydrogen-bond donors (Lipinski definition) is 0. The third-order valence-electron chi connectivity index (χ3n) is 4.12. The zero-order valence-corrected chi connectivity index (χ0v) is 16.8. The molecule has 0 bridgehead atoms. The van der Waals surface area contributed by atoms with Crippen LogP contribution in [0.2, 0.25) is 0 Å². The summed E-state index contributed by atoms with van der Waals surface area (Å²) in [6.07, 6.45) is 3.25. The summed E-state index contributed by atoms with van der Waals surface area (Å²) >= 11 is 0. The first-order valence-corrected chi connectivity index (χ1v) is 8.91. The Hall–Kier alpha value is -1.14. The van der Waals surface area contributed by atoms with Crippen LogP contribution in [-0.4, -0.2) is 52.6 Å². The Balaban J connectivity index is 3.62. The largest absolute Gasteiger partial charge is 0.469 e. The molecule has 0 aromatic rings. The van der Waals surface area contributed by atoms with Gasteiger partial charge in [0.1, 0.15) is 0 Å². The lowest BCUT2D eigenvalue weighted by Gasteiger charge is -2.23. The number of ether oxygens (including phenoxy) is 4. The number of rotatable bonds is 14. The summed E-state index contributed by atoms with van der Waals surface area (Å²) in [7, 11) is 2.82. The molecule has 0 spiro atoms. The van der Waals surface area contributed by atoms with Gasteiger partial charge in [-0.2, -0.15) is 0 Å². The van der Waals surface area contributed by atoms with E-state index in [1.807, 2.05) is 27.7 Å². The summed E-state index contributed by atoms with van der Waals surface area (Å²) < 4.78 is 20.6. The lowest BCUT2D eigenvalue weighted by Crippen LogP contribution is -2.21. The second kappa shape index (κ2) is 12.3. The zero-order valence-electron chi connectivity index (χ0n) is 16.8. The molecule has 0 fully saturated rings. The third-order valence-corrected chi connectivity index (χ3v) is 4.12. The van der Waals surface area contributed by atoms with Gasteiger partial charge in [0.25, 0.3) is 0 Å². The average Bonchev–Trinajstić information content (AvgIpc) is 2.51. The van der Waals surface area contributed by atoms with Gasteiger partial charge in [0, 0.05) is 26.4 Å². The second-order valence-corrected chi connectivity index (χ2v) is 7.91. The Morgan fingerprint density at radius 3 is 1.36 bits per heavy atom. The van der Waals surface area contributed by atoms with Crippen molar-refractivity contribution in [3.8, 4) is 0 Å². The molecule has 0 aromatic carbocycles. The van der Waals surface area contributed by atoms with Gasteiger partial charge >= 0.3 is 11.9 Å². The summed E-state index contributed by atoms with van der Waals surface area (Å²) in [5.41, 5.74) is -0.233. The van der Waals surface area contributed by atoms with E-state index in [0.717, 1.165) is 19.3 Å². The molecule has 0 aliphatic rings. The predicted molar refractivity (Wildman–Crippen MR) is 96.3 cm³/mol. The van der Waals surface area contributed by atoms with Gasteiger partial charge < -0.3 is 18.9 Å². The minimum absolute atomic E-state index is 0.116. The van der Waals surface area contributed by atoms with E-state index < -0.39 is 0 Å². The van der Waals surface area contributed by atoms with Crippen molar-refractivity contribution in [2.45, 2.75) is 59.8 Å². The van der Waals surface area contributed by atoms with Crippen LogP contribution in [0.5, 0.6) is 0 Å². The summed E-state index contributed by atoms with van der Waals surface area (Å²) in [5.74, 6) is -0.373. The number of carbonyl (C=O) groups is 2. The Bertz CT molecular complexity index is 353. The number of esters is 2. The van der Waals surface area contributed by atoms with Crippen LogP contribution in [0.1, 0.15) is 59.8 Å². The maximum atomic E-state index is 11.3. The van der Waals surface area contributed by atoms with Gasteiger partial charge in [0.05, 0.1) is 27.1 Å². The van der Waals surface area contributed by atoms with Crippen LogP contribution < -0.4 is 0 Å². The fourth-order valence-corrected chi connectivity index (χ4v) is 2.27. The summed E-state index contributed by atoms with van der Waals surface area (Å²) in [6.45, 7) is 10.7. The summed E-state index contributed by atoms with van der Waals surface area (Å²) in [6, 6.07) is 0. The Morgan fingerprint density at radius 2 is 1.04 bits per heavy atom. The first-order chi connectivity index (χ1) is 11.6. The normalized spacial score (nSPS) is 12.1. The molecule has 0 radical (unpaired) electrons. The maximum Gasteiger partial charge on any atom is 0.306 e. The molecule has 0 N–H and O–H groups in total. The van der Waals surface area contributed by atoms with Crippen molar-refractivity contribution in [3.05, 3.63) is 0 Å². The Morgan fingerprint density at radius 1 is 0.680 bits per heavy atom. The molecule has 6 heteroatoms. The van der Waals surface area contributed by atoms with E-state index in [9.17, 15) is 9.59 Å². The highest BCUT2D eigenvalue weighted by Crippen LogP contribution is 2.26. The molecule has 0 amide bonds. The van der Waals surface area contributed by atoms with Crippen molar-refractivity contribution in [2.24, 2.45) is 10.8 Å². The fourth-order valence-electron chi connectivity index (χ4n) is 2.27. The number of carbonyl (C=O) groups excluding carboxylic acids is 2. The van der Waals surface area contributed by atoms with Crippen LogP contribution in [0.25, 0.3) is 0 Å². The highest BCUT2D eigenvalue weighted by atomic mass is 16.5. The van der Waals surface area contributed by atoms with Gasteiger partial charge in [-0.15, -0.1) is 0 Å². The van der Waals surface area contributed by atoms with Crippen LogP contribution in [0, 0.1) is 10.8 Å². The fraction of sp³-hybridized carbons (Fsp3) is 0.895. The first kappa shape index (κ1) is 23.9. The standard InChI is InChI=1S/C19H36O6/c1-18(2,14-16(20)22-5)8-12-24-10-7-11-25-13-9-19(3,4)15-17(21)23-6/h7-15H2,1-6H3. The topological polar surface area (TPSA) is 71.1 Å². The van der Waals surface area contributed by atoms with Crippen LogP contribution in [0.3, 0.4) is 0 Å². The molecule has 0 unspecified atom stereocenters. The van der Waals surface area contributed by atoms with Gasteiger partial charge in [-0.25, -0.2) is 0 Å². The molecule has 0 aliphatic carbocycles. The van der Waals surface area contributed by atoms with Gasteiger partial charge in [-0.3, -0.25) is 9.59 Å². The van der Waals surface area contributed by atoms with Gasteiger partial charge in [0.2, 0.25) is 0 Å². The van der Waals surface area contributed by atoms with Crippen molar-refractivity contribution >= 4 is 11.9 Å². The number of methoxy groups -OCH3 is 2. The van der Waals surface area contributed by atoms with Crippen molar-refractivity contribution in [2.75, 3.05) is 40.6 Å². The summed E-state index contributed by atoms with van der Waals surface area (Å²) in [4.78, 5) is 22.6. The molecule has 0 heterocycles. The quantitative estimate of drug-likeness (QED) is 0.349. The van der Waals surface area contributed by atoms with E-state index in [1.54, 1.807) is 0 Å². The van der Waals surface area contributed by atoms with Crippen molar-refractivity contribution in [1.82, 2.24) is 0 Å². The van der Waals surface area contributed by atoms with Gasteiger partial charge in [-0.05, 0) is 30.1 Å². The van der Waals surface area contributed by atoms with Crippen LogP contribution in [0.15, 0.2) is 0 Å². The molecular weight excluding hydrogens is 324 g/mol. The molecule has 0 aliphatic heterocycles. The molecule has 0 saturated carbocycles. The van der Waals surface area contributed by atoms with Crippen molar-refractivity contribution in [1.29, 1.82) is 0 Å². The third kappa shape index (κ3) is 13.8. The zero-order chi connectivity index (χ0) is 19.3. The van der Waals surface area contributed by atoms with Crippen molar-refractivity contribution < 1.29 is 28.5 Å². The van der Waals surface area contributed by atoms with E-state index in [4.69, 9.17) is 18.9 Å². The van der Waals surface area contributed by atoms with E-state index in [1.165, 1.54) is 14.2 Å². The highest BCUT2D eigenvalue weighted by molar-refractivity contribution is 5.70. The molecule has 25 heavy (non-hydrogen) atoms. The van der Waals surface area contributed by atoms with Crippen LogP contribution in [0.4, 0.5) is 0 Å². The van der Waals surface area contributed by atoms with Gasteiger partial charge in [-0.1, -0.05) is 27.7 Å². The van der Waals surface area contributed by atoms with E-state index in [2.05, 4.69) is 0 Å². The lowest BCUT2D eigenvalue weighted by molar-refractivity contribution is -0.144. The minimum Gasteiger partial charge on any atom is -0.469 e. The van der Waals surface area contributed by atoms with E-state index in [-0.39, 0.29) is 22.8 Å². The van der Waals surface area contributed by atoms with Crippen LogP contribution in [-0.2, 0) is 28.5 Å². The first-order valence-electron chi connectivity index (χ1n) is 8.91. The molecule has 6 nitrogen and oxygen atoms in total. The summed E-state index contributed by atoms with van der Waals surface area (Å²) in [5, 5.41) is 0. The monoisotopic (exact) mass is 360 g/mol. The minimum atomic E-state index is -0.187. The smallest absolute Gasteiger partial charge is 0.306 e. The molecule has 0 atom stereocenters. The molecule has 0 saturated heterocycles. The SMILES string of the molecule is COC(=O)CC(C)(C)CCOCCCOCCC(C)(C)CC(=O)OC. The van der Waals surface area contributed by atoms with E-state index in [0.29, 0.717) is 39.3 Å². The molecule has 0 aromatic heterocycles. The molecular formula is C19H36O6.